The maximum absolute atomic E-state index is 3.84. The first-order valence-corrected chi connectivity index (χ1v) is 13.2. The molecule has 1 nitrogen and oxygen atoms in total. The van der Waals surface area contributed by atoms with Gasteiger partial charge in [0.2, 0.25) is 0 Å². The summed E-state index contributed by atoms with van der Waals surface area (Å²) in [5, 5.41) is 0. The summed E-state index contributed by atoms with van der Waals surface area (Å²) < 4.78 is 0. The van der Waals surface area contributed by atoms with Gasteiger partial charge in [-0.05, 0) is 75.3 Å². The second kappa shape index (κ2) is 11.1. The number of nitrogens with zero attached hydrogens (tertiary/aromatic N) is 1. The fraction of sp³-hybridized carbons (Fsp3) is 0. The van der Waals surface area contributed by atoms with Crippen molar-refractivity contribution in [1.82, 2.24) is 0 Å². The Morgan fingerprint density at radius 1 is 0.333 bits per heavy atom. The van der Waals surface area contributed by atoms with Crippen molar-refractivity contribution in [1.29, 1.82) is 0 Å². The minimum atomic E-state index is 1.12. The van der Waals surface area contributed by atoms with Crippen LogP contribution in [0.25, 0.3) is 39.5 Å². The molecule has 0 atom stereocenters. The van der Waals surface area contributed by atoms with Gasteiger partial charge in [-0.15, -0.1) is 0 Å². The number of benzene rings is 6. The number of anilines is 3. The second-order valence-electron chi connectivity index (χ2n) is 9.53. The van der Waals surface area contributed by atoms with E-state index in [1.807, 2.05) is 6.08 Å². The van der Waals surface area contributed by atoms with Gasteiger partial charge in [-0.2, -0.15) is 0 Å². The molecule has 0 unspecified atom stereocenters. The van der Waals surface area contributed by atoms with Crippen molar-refractivity contribution in [2.75, 3.05) is 4.90 Å². The molecule has 0 radical (unpaired) electrons. The van der Waals surface area contributed by atoms with Crippen molar-refractivity contribution < 1.29 is 0 Å². The minimum absolute atomic E-state index is 1.12. The molecule has 0 aliphatic heterocycles. The Labute approximate surface area is 231 Å². The molecule has 0 heterocycles. The normalized spacial score (nSPS) is 10.7. The van der Waals surface area contributed by atoms with Crippen LogP contribution in [0.15, 0.2) is 164 Å². The van der Waals surface area contributed by atoms with Crippen molar-refractivity contribution in [2.24, 2.45) is 0 Å². The average molecular weight is 500 g/mol. The SMILES string of the molecule is C=Cc1ccc(-c2ccc(-c3ccc(N(c4ccccc4)c4ccc(-c5ccccc5)cc4)cc3)cc2)cc1. The Kier molecular flexibility index (Phi) is 6.88. The molecular weight excluding hydrogens is 470 g/mol. The first-order valence-electron chi connectivity index (χ1n) is 13.2. The first kappa shape index (κ1) is 24.2. The van der Waals surface area contributed by atoms with E-state index in [0.717, 1.165) is 22.6 Å². The summed E-state index contributed by atoms with van der Waals surface area (Å²) in [6.45, 7) is 3.84. The highest BCUT2D eigenvalue weighted by atomic mass is 15.1. The summed E-state index contributed by atoms with van der Waals surface area (Å²) in [7, 11) is 0. The van der Waals surface area contributed by atoms with Gasteiger partial charge < -0.3 is 4.90 Å². The smallest absolute Gasteiger partial charge is 0.0462 e. The number of hydrogen-bond acceptors (Lipinski definition) is 1. The molecule has 39 heavy (non-hydrogen) atoms. The first-order chi connectivity index (χ1) is 19.3. The third-order valence-electron chi connectivity index (χ3n) is 7.07. The van der Waals surface area contributed by atoms with Gasteiger partial charge >= 0.3 is 0 Å². The summed E-state index contributed by atoms with van der Waals surface area (Å²) in [4.78, 5) is 2.30. The van der Waals surface area contributed by atoms with Crippen molar-refractivity contribution in [3.05, 3.63) is 170 Å². The quantitative estimate of drug-likeness (QED) is 0.211. The Bertz CT molecular complexity index is 1650. The van der Waals surface area contributed by atoms with Gasteiger partial charge in [0.25, 0.3) is 0 Å². The highest BCUT2D eigenvalue weighted by molar-refractivity contribution is 5.80. The lowest BCUT2D eigenvalue weighted by Gasteiger charge is -2.26. The Hall–Kier alpha value is -5.14. The van der Waals surface area contributed by atoms with Gasteiger partial charge in [0, 0.05) is 17.1 Å². The third-order valence-corrected chi connectivity index (χ3v) is 7.07. The Morgan fingerprint density at radius 3 is 1.05 bits per heavy atom. The third kappa shape index (κ3) is 5.30. The van der Waals surface area contributed by atoms with E-state index in [2.05, 4.69) is 169 Å². The molecule has 6 aromatic carbocycles. The molecule has 186 valence electrons. The fourth-order valence-electron chi connectivity index (χ4n) is 4.93. The van der Waals surface area contributed by atoms with E-state index in [-0.39, 0.29) is 0 Å². The molecule has 0 fully saturated rings. The molecule has 0 saturated heterocycles. The lowest BCUT2D eigenvalue weighted by molar-refractivity contribution is 1.28. The standard InChI is InChI=1S/C38H29N/c1-2-29-13-15-31(16-14-29)32-17-19-33(20-18-32)35-23-27-38(28-24-35)39(36-11-7-4-8-12-36)37-25-21-34(22-26-37)30-9-5-3-6-10-30/h2-28H,1H2. The van der Waals surface area contributed by atoms with Crippen LogP contribution >= 0.6 is 0 Å². The van der Waals surface area contributed by atoms with Crippen LogP contribution in [0.4, 0.5) is 17.1 Å². The van der Waals surface area contributed by atoms with Crippen LogP contribution in [0.5, 0.6) is 0 Å². The molecule has 0 aliphatic rings. The molecule has 0 amide bonds. The molecule has 0 N–H and O–H groups in total. The maximum atomic E-state index is 3.84. The summed E-state index contributed by atoms with van der Waals surface area (Å²) >= 11 is 0. The van der Waals surface area contributed by atoms with Crippen LogP contribution in [-0.2, 0) is 0 Å². The van der Waals surface area contributed by atoms with Gasteiger partial charge in [0.1, 0.15) is 0 Å². The van der Waals surface area contributed by atoms with Gasteiger partial charge in [-0.3, -0.25) is 0 Å². The predicted octanol–water partition coefficient (Wildman–Crippen LogP) is 10.8. The zero-order valence-electron chi connectivity index (χ0n) is 21.7. The number of para-hydroxylation sites is 1. The summed E-state index contributed by atoms with van der Waals surface area (Å²) in [6, 6.07) is 55.9. The van der Waals surface area contributed by atoms with E-state index < -0.39 is 0 Å². The van der Waals surface area contributed by atoms with Crippen LogP contribution in [0.1, 0.15) is 5.56 Å². The number of hydrogen-bond donors (Lipinski definition) is 0. The lowest BCUT2D eigenvalue weighted by atomic mass is 9.99. The van der Waals surface area contributed by atoms with Crippen LogP contribution in [0.2, 0.25) is 0 Å². The maximum Gasteiger partial charge on any atom is 0.0462 e. The van der Waals surface area contributed by atoms with E-state index in [1.54, 1.807) is 0 Å². The molecule has 0 aromatic heterocycles. The molecule has 6 rings (SSSR count). The van der Waals surface area contributed by atoms with E-state index >= 15 is 0 Å². The second-order valence-corrected chi connectivity index (χ2v) is 9.53. The van der Waals surface area contributed by atoms with Crippen LogP contribution in [0.3, 0.4) is 0 Å². The highest BCUT2D eigenvalue weighted by Gasteiger charge is 2.13. The van der Waals surface area contributed by atoms with Gasteiger partial charge in [-0.1, -0.05) is 134 Å². The molecule has 0 bridgehead atoms. The van der Waals surface area contributed by atoms with E-state index in [4.69, 9.17) is 0 Å². The lowest BCUT2D eigenvalue weighted by Crippen LogP contribution is -2.09. The fourth-order valence-corrected chi connectivity index (χ4v) is 4.93. The highest BCUT2D eigenvalue weighted by Crippen LogP contribution is 2.36. The Balaban J connectivity index is 1.28. The van der Waals surface area contributed by atoms with Crippen LogP contribution < -0.4 is 4.90 Å². The summed E-state index contributed by atoms with van der Waals surface area (Å²) in [5.74, 6) is 0. The molecule has 6 aromatic rings. The van der Waals surface area contributed by atoms with Crippen molar-refractivity contribution in [3.8, 4) is 33.4 Å². The summed E-state index contributed by atoms with van der Waals surface area (Å²) in [5.41, 5.74) is 11.8. The number of rotatable bonds is 7. The monoisotopic (exact) mass is 499 g/mol. The van der Waals surface area contributed by atoms with Gasteiger partial charge in [0.05, 0.1) is 0 Å². The van der Waals surface area contributed by atoms with Crippen molar-refractivity contribution in [2.45, 2.75) is 0 Å². The zero-order valence-corrected chi connectivity index (χ0v) is 21.7. The minimum Gasteiger partial charge on any atom is -0.311 e. The average Bonchev–Trinajstić information content (AvgIpc) is 3.03. The van der Waals surface area contributed by atoms with Crippen LogP contribution in [-0.4, -0.2) is 0 Å². The van der Waals surface area contributed by atoms with Gasteiger partial charge in [-0.25, -0.2) is 0 Å². The Morgan fingerprint density at radius 2 is 0.641 bits per heavy atom. The molecule has 0 aliphatic carbocycles. The summed E-state index contributed by atoms with van der Waals surface area (Å²) in [6.07, 6.45) is 1.87. The van der Waals surface area contributed by atoms with E-state index in [0.29, 0.717) is 0 Å². The van der Waals surface area contributed by atoms with E-state index in [1.165, 1.54) is 33.4 Å². The molecular formula is C38H29N. The largest absolute Gasteiger partial charge is 0.311 e. The molecule has 0 saturated carbocycles. The predicted molar refractivity (Wildman–Crippen MR) is 168 cm³/mol. The topological polar surface area (TPSA) is 3.24 Å². The van der Waals surface area contributed by atoms with E-state index in [9.17, 15) is 0 Å². The van der Waals surface area contributed by atoms with Gasteiger partial charge in [0.15, 0.2) is 0 Å². The molecule has 0 spiro atoms. The zero-order chi connectivity index (χ0) is 26.4. The van der Waals surface area contributed by atoms with Crippen molar-refractivity contribution >= 4 is 23.1 Å². The van der Waals surface area contributed by atoms with Crippen molar-refractivity contribution in [3.63, 3.8) is 0 Å². The van der Waals surface area contributed by atoms with Crippen LogP contribution in [0, 0.1) is 0 Å². The molecule has 1 heteroatoms.